The van der Waals surface area contributed by atoms with E-state index in [0.29, 0.717) is 29.0 Å². The van der Waals surface area contributed by atoms with Crippen LogP contribution in [0.2, 0.25) is 5.02 Å². The van der Waals surface area contributed by atoms with E-state index in [1.54, 1.807) is 0 Å². The van der Waals surface area contributed by atoms with E-state index in [0.717, 1.165) is 36.4 Å². The quantitative estimate of drug-likeness (QED) is 0.676. The van der Waals surface area contributed by atoms with Crippen LogP contribution in [0, 0.1) is 6.92 Å². The van der Waals surface area contributed by atoms with Crippen LogP contribution >= 0.6 is 22.9 Å². The average molecular weight is 422 g/mol. The highest BCUT2D eigenvalue weighted by molar-refractivity contribution is 7.17. The van der Waals surface area contributed by atoms with Gasteiger partial charge in [-0.15, -0.1) is 5.10 Å². The number of halogens is 1. The van der Waals surface area contributed by atoms with Crippen molar-refractivity contribution in [3.8, 4) is 5.88 Å². The van der Waals surface area contributed by atoms with Gasteiger partial charge in [-0.3, -0.25) is 0 Å². The number of quaternary nitrogens is 1. The molecule has 0 saturated carbocycles. The predicted octanol–water partition coefficient (Wildman–Crippen LogP) is 1.97. The van der Waals surface area contributed by atoms with Gasteiger partial charge in [-0.2, -0.15) is 4.52 Å². The van der Waals surface area contributed by atoms with Crippen LogP contribution < -0.4 is 4.90 Å². The number of aromatic hydroxyl groups is 1. The lowest BCUT2D eigenvalue weighted by Crippen LogP contribution is -3.14. The highest BCUT2D eigenvalue weighted by Crippen LogP contribution is 2.36. The highest BCUT2D eigenvalue weighted by Gasteiger charge is 2.45. The fourth-order valence-corrected chi connectivity index (χ4v) is 5.60. The van der Waals surface area contributed by atoms with Gasteiger partial charge >= 0.3 is 0 Å². The standard InChI is InChI=1S/C19H21ClN4O3S/c1-12-21-18-24(22-12)17(25)16(28-18)15(13-2-4-14(20)5-3-13)23-8-6-19(7-9-23)26-10-11-27-19/h2-5,15,25H,6-11H2,1H3/p+1/t15-/m1/s1. The van der Waals surface area contributed by atoms with Gasteiger partial charge < -0.3 is 19.5 Å². The monoisotopic (exact) mass is 421 g/mol. The molecular weight excluding hydrogens is 400 g/mol. The molecule has 4 heterocycles. The lowest BCUT2D eigenvalue weighted by molar-refractivity contribution is -0.933. The summed E-state index contributed by atoms with van der Waals surface area (Å²) >= 11 is 7.61. The molecule has 7 nitrogen and oxygen atoms in total. The topological polar surface area (TPSA) is 73.3 Å². The molecule has 2 N–H and O–H groups in total. The maximum absolute atomic E-state index is 10.9. The molecule has 1 spiro atoms. The van der Waals surface area contributed by atoms with Gasteiger partial charge in [0.15, 0.2) is 11.8 Å². The number of hydrogen-bond donors (Lipinski definition) is 2. The molecule has 0 radical (unpaired) electrons. The Morgan fingerprint density at radius 1 is 1.21 bits per heavy atom. The molecule has 0 aliphatic carbocycles. The average Bonchev–Trinajstić information content (AvgIpc) is 3.37. The molecule has 1 atom stereocenters. The van der Waals surface area contributed by atoms with Gasteiger partial charge in [-0.1, -0.05) is 35.1 Å². The molecule has 2 fully saturated rings. The normalized spacial score (nSPS) is 20.9. The molecule has 5 rings (SSSR count). The molecule has 28 heavy (non-hydrogen) atoms. The Balaban J connectivity index is 1.52. The number of piperidine rings is 1. The van der Waals surface area contributed by atoms with Crippen LogP contribution in [0.1, 0.15) is 35.1 Å². The van der Waals surface area contributed by atoms with Crippen molar-refractivity contribution in [1.82, 2.24) is 14.6 Å². The maximum atomic E-state index is 10.9. The number of likely N-dealkylation sites (tertiary alicyclic amines) is 1. The number of thiazole rings is 1. The number of aromatic nitrogens is 3. The first-order valence-electron chi connectivity index (χ1n) is 9.48. The Kier molecular flexibility index (Phi) is 4.56. The Labute approximate surface area is 171 Å². The van der Waals surface area contributed by atoms with Crippen molar-refractivity contribution >= 4 is 27.9 Å². The second-order valence-corrected chi connectivity index (χ2v) is 8.84. The van der Waals surface area contributed by atoms with Crippen LogP contribution in [0.4, 0.5) is 0 Å². The first kappa shape index (κ1) is 18.3. The van der Waals surface area contributed by atoms with Gasteiger partial charge in [-0.05, 0) is 19.1 Å². The summed E-state index contributed by atoms with van der Waals surface area (Å²) in [6.45, 7) is 4.94. The van der Waals surface area contributed by atoms with E-state index in [9.17, 15) is 5.11 Å². The minimum atomic E-state index is -0.418. The van der Waals surface area contributed by atoms with Crippen molar-refractivity contribution < 1.29 is 19.5 Å². The van der Waals surface area contributed by atoms with Crippen LogP contribution in [-0.4, -0.2) is 51.8 Å². The summed E-state index contributed by atoms with van der Waals surface area (Å²) in [5, 5.41) is 15.9. The third kappa shape index (κ3) is 3.09. The zero-order valence-electron chi connectivity index (χ0n) is 15.5. The zero-order chi connectivity index (χ0) is 19.3. The summed E-state index contributed by atoms with van der Waals surface area (Å²) < 4.78 is 13.3. The van der Waals surface area contributed by atoms with Gasteiger partial charge in [0, 0.05) is 10.6 Å². The SMILES string of the molecule is Cc1nc2sc([C@@H](c3ccc(Cl)cc3)[NH+]3CCC4(CC3)OCCO4)c(O)n2n1. The fourth-order valence-electron chi connectivity index (χ4n) is 4.29. The summed E-state index contributed by atoms with van der Waals surface area (Å²) in [4.78, 5) is 7.37. The van der Waals surface area contributed by atoms with E-state index >= 15 is 0 Å². The first-order valence-corrected chi connectivity index (χ1v) is 10.7. The Morgan fingerprint density at radius 3 is 2.54 bits per heavy atom. The van der Waals surface area contributed by atoms with E-state index in [1.165, 1.54) is 20.8 Å². The molecule has 0 bridgehead atoms. The molecule has 2 aliphatic heterocycles. The van der Waals surface area contributed by atoms with E-state index in [1.807, 2.05) is 31.2 Å². The van der Waals surface area contributed by atoms with Gasteiger partial charge in [0.25, 0.3) is 0 Å². The number of nitrogens with one attached hydrogen (secondary N) is 1. The summed E-state index contributed by atoms with van der Waals surface area (Å²) in [6.07, 6.45) is 1.68. The van der Waals surface area contributed by atoms with Gasteiger partial charge in [0.1, 0.15) is 10.7 Å². The molecular formula is C19H22ClN4O3S+. The van der Waals surface area contributed by atoms with Gasteiger partial charge in [0.05, 0.1) is 39.1 Å². The second kappa shape index (κ2) is 6.96. The minimum absolute atomic E-state index is 0.0233. The number of hydrogen-bond acceptors (Lipinski definition) is 6. The third-order valence-corrected chi connectivity index (χ3v) is 6.98. The maximum Gasteiger partial charge on any atom is 0.235 e. The first-order chi connectivity index (χ1) is 13.5. The number of fused-ring (bicyclic) bond motifs is 1. The molecule has 0 unspecified atom stereocenters. The Bertz CT molecular complexity index is 987. The van der Waals surface area contributed by atoms with Crippen LogP contribution in [-0.2, 0) is 9.47 Å². The molecule has 1 aromatic carbocycles. The van der Waals surface area contributed by atoms with Crippen molar-refractivity contribution in [2.75, 3.05) is 26.3 Å². The van der Waals surface area contributed by atoms with Crippen LogP contribution in [0.25, 0.3) is 4.96 Å². The van der Waals surface area contributed by atoms with E-state index < -0.39 is 5.79 Å². The van der Waals surface area contributed by atoms with Crippen LogP contribution in [0.15, 0.2) is 24.3 Å². The summed E-state index contributed by atoms with van der Waals surface area (Å²) in [7, 11) is 0. The van der Waals surface area contributed by atoms with Crippen molar-refractivity contribution in [3.05, 3.63) is 45.6 Å². The van der Waals surface area contributed by atoms with Crippen molar-refractivity contribution in [2.45, 2.75) is 31.6 Å². The van der Waals surface area contributed by atoms with Gasteiger partial charge in [-0.25, -0.2) is 4.98 Å². The summed E-state index contributed by atoms with van der Waals surface area (Å²) in [5.41, 5.74) is 1.11. The Morgan fingerprint density at radius 2 is 1.89 bits per heavy atom. The molecule has 148 valence electrons. The zero-order valence-corrected chi connectivity index (χ0v) is 17.1. The predicted molar refractivity (Wildman–Crippen MR) is 105 cm³/mol. The summed E-state index contributed by atoms with van der Waals surface area (Å²) in [5.74, 6) is 0.402. The molecule has 2 saturated heterocycles. The largest absolute Gasteiger partial charge is 0.492 e. The van der Waals surface area contributed by atoms with Gasteiger partial charge in [0.2, 0.25) is 10.8 Å². The molecule has 2 aliphatic rings. The number of ether oxygens (including phenoxy) is 2. The van der Waals surface area contributed by atoms with Crippen molar-refractivity contribution in [3.63, 3.8) is 0 Å². The van der Waals surface area contributed by atoms with Crippen LogP contribution in [0.5, 0.6) is 5.88 Å². The number of nitrogens with zero attached hydrogens (tertiary/aromatic N) is 3. The molecule has 0 amide bonds. The number of rotatable bonds is 3. The molecule has 9 heteroatoms. The third-order valence-electron chi connectivity index (χ3n) is 5.65. The van der Waals surface area contributed by atoms with Crippen LogP contribution in [0.3, 0.4) is 0 Å². The molecule has 2 aromatic heterocycles. The second-order valence-electron chi connectivity index (χ2n) is 7.39. The van der Waals surface area contributed by atoms with E-state index in [2.05, 4.69) is 10.1 Å². The highest BCUT2D eigenvalue weighted by atomic mass is 35.5. The Hall–Kier alpha value is -1.71. The fraction of sp³-hybridized carbons (Fsp3) is 0.474. The minimum Gasteiger partial charge on any atom is -0.492 e. The molecule has 3 aromatic rings. The number of benzene rings is 1. The lowest BCUT2D eigenvalue weighted by Gasteiger charge is -2.38. The smallest absolute Gasteiger partial charge is 0.235 e. The number of aryl methyl sites for hydroxylation is 1. The van der Waals surface area contributed by atoms with Crippen molar-refractivity contribution in [2.24, 2.45) is 0 Å². The van der Waals surface area contributed by atoms with E-state index in [4.69, 9.17) is 21.1 Å². The summed E-state index contributed by atoms with van der Waals surface area (Å²) in [6, 6.07) is 7.85. The lowest BCUT2D eigenvalue weighted by atomic mass is 9.97. The van der Waals surface area contributed by atoms with Crippen molar-refractivity contribution in [1.29, 1.82) is 0 Å². The van der Waals surface area contributed by atoms with E-state index in [-0.39, 0.29) is 11.9 Å².